The molecule has 4 atom stereocenters. The summed E-state index contributed by atoms with van der Waals surface area (Å²) in [7, 11) is 0. The standard InChI is InChI=1S/C14H20O9/c1-7(15)19-6-12-14(22-10(4)18)11(20-8(2)16)5-13(23-12)21-9(3)17/h11-14H,5-6H2,1-4H3/t11-,12?,13-,14-/m0/s1. The fourth-order valence-corrected chi connectivity index (χ4v) is 2.16. The second kappa shape index (κ2) is 8.47. The van der Waals surface area contributed by atoms with Gasteiger partial charge in [-0.15, -0.1) is 0 Å². The predicted octanol–water partition coefficient (Wildman–Crippen LogP) is 0.0910. The number of ether oxygens (including phenoxy) is 5. The lowest BCUT2D eigenvalue weighted by molar-refractivity contribution is -0.260. The molecule has 23 heavy (non-hydrogen) atoms. The van der Waals surface area contributed by atoms with Crippen LogP contribution >= 0.6 is 0 Å². The van der Waals surface area contributed by atoms with Gasteiger partial charge in [0.1, 0.15) is 18.8 Å². The first-order chi connectivity index (χ1) is 10.7. The number of hydrogen-bond acceptors (Lipinski definition) is 9. The SMILES string of the molecule is CC(=O)OCC1O[C@H](OC(C)=O)C[C@H](OC(C)=O)[C@@H]1OC(C)=O. The summed E-state index contributed by atoms with van der Waals surface area (Å²) in [5, 5.41) is 0. The molecule has 0 spiro atoms. The van der Waals surface area contributed by atoms with E-state index in [2.05, 4.69) is 0 Å². The van der Waals surface area contributed by atoms with Gasteiger partial charge in [-0.05, 0) is 0 Å². The maximum absolute atomic E-state index is 11.3. The van der Waals surface area contributed by atoms with Crippen molar-refractivity contribution >= 4 is 23.9 Å². The third kappa shape index (κ3) is 6.64. The lowest BCUT2D eigenvalue weighted by Gasteiger charge is -2.39. The first-order valence-corrected chi connectivity index (χ1v) is 6.99. The molecule has 0 aliphatic carbocycles. The third-order valence-corrected chi connectivity index (χ3v) is 2.85. The van der Waals surface area contributed by atoms with Gasteiger partial charge in [0.15, 0.2) is 6.10 Å². The van der Waals surface area contributed by atoms with Gasteiger partial charge in [-0.3, -0.25) is 19.2 Å². The molecule has 0 aromatic heterocycles. The van der Waals surface area contributed by atoms with Crippen molar-refractivity contribution in [2.45, 2.75) is 58.7 Å². The molecule has 0 aromatic carbocycles. The number of hydrogen-bond donors (Lipinski definition) is 0. The van der Waals surface area contributed by atoms with Gasteiger partial charge in [-0.1, -0.05) is 0 Å². The van der Waals surface area contributed by atoms with Crippen LogP contribution in [0.4, 0.5) is 0 Å². The molecule has 1 fully saturated rings. The normalized spacial score (nSPS) is 26.8. The van der Waals surface area contributed by atoms with E-state index in [1.54, 1.807) is 0 Å². The fraction of sp³-hybridized carbons (Fsp3) is 0.714. The summed E-state index contributed by atoms with van der Waals surface area (Å²) in [6.45, 7) is 4.54. The quantitative estimate of drug-likeness (QED) is 0.510. The Morgan fingerprint density at radius 2 is 1.43 bits per heavy atom. The number of carbonyl (C=O) groups is 4. The number of rotatable bonds is 5. The van der Waals surface area contributed by atoms with Gasteiger partial charge in [0.2, 0.25) is 6.29 Å². The van der Waals surface area contributed by atoms with E-state index in [9.17, 15) is 19.2 Å². The molecule has 130 valence electrons. The Morgan fingerprint density at radius 3 is 1.91 bits per heavy atom. The summed E-state index contributed by atoms with van der Waals surface area (Å²) in [5.74, 6) is -2.36. The molecule has 0 saturated carbocycles. The molecule has 0 radical (unpaired) electrons. The van der Waals surface area contributed by atoms with Crippen LogP contribution in [0, 0.1) is 0 Å². The minimum Gasteiger partial charge on any atom is -0.463 e. The van der Waals surface area contributed by atoms with Gasteiger partial charge >= 0.3 is 23.9 Å². The van der Waals surface area contributed by atoms with E-state index >= 15 is 0 Å². The van der Waals surface area contributed by atoms with Crippen molar-refractivity contribution in [3.8, 4) is 0 Å². The highest BCUT2D eigenvalue weighted by Crippen LogP contribution is 2.27. The lowest BCUT2D eigenvalue weighted by atomic mass is 10.0. The largest absolute Gasteiger partial charge is 0.463 e. The minimum atomic E-state index is -1.01. The molecule has 0 N–H and O–H groups in total. The molecule has 0 bridgehead atoms. The van der Waals surface area contributed by atoms with Crippen LogP contribution in [-0.4, -0.2) is 55.1 Å². The van der Waals surface area contributed by atoms with E-state index in [4.69, 9.17) is 23.7 Å². The Bertz CT molecular complexity index is 473. The number of esters is 4. The van der Waals surface area contributed by atoms with Crippen LogP contribution in [0.2, 0.25) is 0 Å². The maximum atomic E-state index is 11.3. The zero-order valence-corrected chi connectivity index (χ0v) is 13.4. The van der Waals surface area contributed by atoms with Gasteiger partial charge in [0.25, 0.3) is 0 Å². The van der Waals surface area contributed by atoms with Crippen LogP contribution in [0.3, 0.4) is 0 Å². The summed E-state index contributed by atoms with van der Waals surface area (Å²) < 4.78 is 25.6. The topological polar surface area (TPSA) is 114 Å². The van der Waals surface area contributed by atoms with Crippen LogP contribution in [0.15, 0.2) is 0 Å². The zero-order chi connectivity index (χ0) is 17.6. The molecule has 1 saturated heterocycles. The predicted molar refractivity (Wildman–Crippen MR) is 72.8 cm³/mol. The Labute approximate surface area is 133 Å². The second-order valence-electron chi connectivity index (χ2n) is 4.97. The molecular weight excluding hydrogens is 312 g/mol. The molecule has 0 aromatic rings. The Morgan fingerprint density at radius 1 is 0.870 bits per heavy atom. The Balaban J connectivity index is 2.94. The average Bonchev–Trinajstić information content (AvgIpc) is 2.37. The lowest BCUT2D eigenvalue weighted by Crippen LogP contribution is -2.54. The molecular formula is C14H20O9. The van der Waals surface area contributed by atoms with Crippen molar-refractivity contribution < 1.29 is 42.9 Å². The van der Waals surface area contributed by atoms with E-state index in [1.165, 1.54) is 27.7 Å². The fourth-order valence-electron chi connectivity index (χ4n) is 2.16. The molecule has 1 heterocycles. The molecule has 9 nitrogen and oxygen atoms in total. The first kappa shape index (κ1) is 18.9. The summed E-state index contributed by atoms with van der Waals surface area (Å²) >= 11 is 0. The van der Waals surface area contributed by atoms with E-state index in [-0.39, 0.29) is 13.0 Å². The van der Waals surface area contributed by atoms with E-state index < -0.39 is 48.5 Å². The summed E-state index contributed by atoms with van der Waals surface area (Å²) in [6, 6.07) is 0. The van der Waals surface area contributed by atoms with Gasteiger partial charge in [0, 0.05) is 27.7 Å². The monoisotopic (exact) mass is 332 g/mol. The van der Waals surface area contributed by atoms with Gasteiger partial charge in [-0.25, -0.2) is 0 Å². The molecule has 1 aliphatic heterocycles. The van der Waals surface area contributed by atoms with Crippen LogP contribution in [0.25, 0.3) is 0 Å². The van der Waals surface area contributed by atoms with E-state index in [1.807, 2.05) is 0 Å². The molecule has 9 heteroatoms. The smallest absolute Gasteiger partial charge is 0.304 e. The van der Waals surface area contributed by atoms with Gasteiger partial charge in [-0.2, -0.15) is 0 Å². The first-order valence-electron chi connectivity index (χ1n) is 6.99. The van der Waals surface area contributed by atoms with Crippen molar-refractivity contribution in [1.29, 1.82) is 0 Å². The minimum absolute atomic E-state index is 0.00627. The van der Waals surface area contributed by atoms with Crippen LogP contribution in [0.1, 0.15) is 34.1 Å². The van der Waals surface area contributed by atoms with E-state index in [0.717, 1.165) is 0 Å². The maximum Gasteiger partial charge on any atom is 0.304 e. The van der Waals surface area contributed by atoms with Crippen molar-refractivity contribution in [3.05, 3.63) is 0 Å². The van der Waals surface area contributed by atoms with Crippen LogP contribution in [-0.2, 0) is 42.9 Å². The molecule has 1 unspecified atom stereocenters. The van der Waals surface area contributed by atoms with Gasteiger partial charge in [0.05, 0.1) is 6.42 Å². The van der Waals surface area contributed by atoms with Crippen molar-refractivity contribution in [2.24, 2.45) is 0 Å². The van der Waals surface area contributed by atoms with Crippen molar-refractivity contribution in [2.75, 3.05) is 6.61 Å². The molecule has 1 rings (SSSR count). The third-order valence-electron chi connectivity index (χ3n) is 2.85. The zero-order valence-electron chi connectivity index (χ0n) is 13.4. The summed E-state index contributed by atoms with van der Waals surface area (Å²) in [6.07, 6.45) is -3.83. The highest BCUT2D eigenvalue weighted by atomic mass is 16.7. The average molecular weight is 332 g/mol. The highest BCUT2D eigenvalue weighted by Gasteiger charge is 2.44. The van der Waals surface area contributed by atoms with Crippen LogP contribution < -0.4 is 0 Å². The summed E-state index contributed by atoms with van der Waals surface area (Å²) in [5.41, 5.74) is 0. The van der Waals surface area contributed by atoms with Gasteiger partial charge < -0.3 is 23.7 Å². The van der Waals surface area contributed by atoms with E-state index in [0.29, 0.717) is 0 Å². The highest BCUT2D eigenvalue weighted by molar-refractivity contribution is 5.68. The van der Waals surface area contributed by atoms with Crippen molar-refractivity contribution in [1.82, 2.24) is 0 Å². The molecule has 1 aliphatic rings. The summed E-state index contributed by atoms with van der Waals surface area (Å²) in [4.78, 5) is 44.6. The van der Waals surface area contributed by atoms with Crippen LogP contribution in [0.5, 0.6) is 0 Å². The number of carbonyl (C=O) groups excluding carboxylic acids is 4. The second-order valence-corrected chi connectivity index (χ2v) is 4.97. The van der Waals surface area contributed by atoms with Crippen molar-refractivity contribution in [3.63, 3.8) is 0 Å². The Kier molecular flexibility index (Phi) is 6.95. The molecule has 0 amide bonds. The Hall–Kier alpha value is -2.16.